The van der Waals surface area contributed by atoms with Crippen molar-refractivity contribution in [3.63, 3.8) is 0 Å². The molecule has 0 spiro atoms. The Morgan fingerprint density at radius 3 is 2.65 bits per heavy atom. The second-order valence-corrected chi connectivity index (χ2v) is 3.41. The first-order chi connectivity index (χ1) is 7.74. The first kappa shape index (κ1) is 15.7. The highest BCUT2D eigenvalue weighted by Gasteiger charge is 2.11. The summed E-state index contributed by atoms with van der Waals surface area (Å²) in [6.07, 6.45) is 4.32. The fourth-order valence-electron chi connectivity index (χ4n) is 1.26. The number of halogens is 1. The van der Waals surface area contributed by atoms with Crippen LogP contribution in [-0.4, -0.2) is 18.6 Å². The van der Waals surface area contributed by atoms with Crippen molar-refractivity contribution in [1.82, 2.24) is 0 Å². The molecule has 3 nitrogen and oxygen atoms in total. The topological polar surface area (TPSA) is 52.3 Å². The minimum atomic E-state index is -0.570. The lowest BCUT2D eigenvalue weighted by Crippen LogP contribution is -2.31. The molecule has 0 aliphatic carbocycles. The van der Waals surface area contributed by atoms with Crippen LogP contribution in [0.2, 0.25) is 0 Å². The second-order valence-electron chi connectivity index (χ2n) is 3.41. The third-order valence-corrected chi connectivity index (χ3v) is 2.09. The van der Waals surface area contributed by atoms with Gasteiger partial charge >= 0.3 is 5.97 Å². The lowest BCUT2D eigenvalue weighted by molar-refractivity contribution is -0.144. The Balaban J connectivity index is 0.00000256. The van der Waals surface area contributed by atoms with Crippen molar-refractivity contribution in [3.8, 4) is 0 Å². The molecule has 0 heterocycles. The lowest BCUT2D eigenvalue weighted by atomic mass is 10.1. The standard InChI is InChI=1S/C13H17NO2.ClH/c1-2-16-13(15)12(14)10-6-9-11-7-4-3-5-8-11;/h3-9,12H,2,10,14H2,1H3;1H/t12-;/m0./s1. The summed E-state index contributed by atoms with van der Waals surface area (Å²) in [4.78, 5) is 11.2. The number of hydrogen-bond donors (Lipinski definition) is 1. The Morgan fingerprint density at radius 1 is 1.41 bits per heavy atom. The minimum Gasteiger partial charge on any atom is -0.465 e. The third-order valence-electron chi connectivity index (χ3n) is 2.09. The Bertz CT molecular complexity index is 352. The normalized spacial score (nSPS) is 11.9. The highest BCUT2D eigenvalue weighted by atomic mass is 35.5. The maximum absolute atomic E-state index is 11.2. The number of hydrogen-bond acceptors (Lipinski definition) is 3. The fourth-order valence-corrected chi connectivity index (χ4v) is 1.26. The molecule has 1 atom stereocenters. The third kappa shape index (κ3) is 6.09. The molecule has 0 unspecified atom stereocenters. The van der Waals surface area contributed by atoms with Crippen LogP contribution in [0, 0.1) is 0 Å². The summed E-state index contributed by atoms with van der Waals surface area (Å²) in [7, 11) is 0. The van der Waals surface area contributed by atoms with Crippen LogP contribution >= 0.6 is 12.4 Å². The molecule has 4 heteroatoms. The molecule has 0 saturated heterocycles. The van der Waals surface area contributed by atoms with E-state index in [0.29, 0.717) is 13.0 Å². The van der Waals surface area contributed by atoms with Crippen LogP contribution in [0.4, 0.5) is 0 Å². The molecule has 0 aliphatic rings. The highest BCUT2D eigenvalue weighted by Crippen LogP contribution is 2.03. The summed E-state index contributed by atoms with van der Waals surface area (Å²) < 4.78 is 4.81. The molecule has 0 fully saturated rings. The summed E-state index contributed by atoms with van der Waals surface area (Å²) in [5.74, 6) is -0.347. The molecule has 1 aromatic rings. The Morgan fingerprint density at radius 2 is 2.06 bits per heavy atom. The molecule has 0 amide bonds. The van der Waals surface area contributed by atoms with Crippen molar-refractivity contribution in [2.24, 2.45) is 5.73 Å². The van der Waals surface area contributed by atoms with Gasteiger partial charge in [-0.05, 0) is 18.9 Å². The average Bonchev–Trinajstić information content (AvgIpc) is 2.30. The number of carbonyl (C=O) groups is 1. The molecule has 0 radical (unpaired) electrons. The van der Waals surface area contributed by atoms with Gasteiger partial charge in [-0.15, -0.1) is 12.4 Å². The zero-order valence-electron chi connectivity index (χ0n) is 9.84. The molecule has 0 aliphatic heterocycles. The van der Waals surface area contributed by atoms with Crippen molar-refractivity contribution < 1.29 is 9.53 Å². The maximum Gasteiger partial charge on any atom is 0.323 e. The van der Waals surface area contributed by atoms with Gasteiger partial charge in [-0.3, -0.25) is 4.79 Å². The van der Waals surface area contributed by atoms with Crippen molar-refractivity contribution in [3.05, 3.63) is 42.0 Å². The van der Waals surface area contributed by atoms with Crippen molar-refractivity contribution >= 4 is 24.5 Å². The monoisotopic (exact) mass is 255 g/mol. The van der Waals surface area contributed by atoms with E-state index in [4.69, 9.17) is 10.5 Å². The predicted octanol–water partition coefficient (Wildman–Crippen LogP) is 2.40. The van der Waals surface area contributed by atoms with Crippen molar-refractivity contribution in [2.75, 3.05) is 6.61 Å². The first-order valence-corrected chi connectivity index (χ1v) is 5.38. The van der Waals surface area contributed by atoms with Crippen molar-refractivity contribution in [2.45, 2.75) is 19.4 Å². The average molecular weight is 256 g/mol. The van der Waals surface area contributed by atoms with E-state index in [1.165, 1.54) is 0 Å². The molecule has 2 N–H and O–H groups in total. The van der Waals surface area contributed by atoms with Gasteiger partial charge < -0.3 is 10.5 Å². The van der Waals surface area contributed by atoms with Crippen LogP contribution in [0.15, 0.2) is 36.4 Å². The van der Waals surface area contributed by atoms with Gasteiger partial charge in [0, 0.05) is 0 Å². The number of ether oxygens (including phenoxy) is 1. The lowest BCUT2D eigenvalue weighted by Gasteiger charge is -2.07. The van der Waals surface area contributed by atoms with E-state index in [1.54, 1.807) is 6.92 Å². The smallest absolute Gasteiger partial charge is 0.323 e. The summed E-state index contributed by atoms with van der Waals surface area (Å²) in [5.41, 5.74) is 6.74. The van der Waals surface area contributed by atoms with Crippen molar-refractivity contribution in [1.29, 1.82) is 0 Å². The van der Waals surface area contributed by atoms with E-state index in [9.17, 15) is 4.79 Å². The van der Waals surface area contributed by atoms with Crippen LogP contribution in [0.1, 0.15) is 18.9 Å². The fraction of sp³-hybridized carbons (Fsp3) is 0.308. The van der Waals surface area contributed by atoms with Gasteiger partial charge in [-0.1, -0.05) is 42.5 Å². The number of nitrogens with two attached hydrogens (primary N) is 1. The summed E-state index contributed by atoms with van der Waals surface area (Å²) >= 11 is 0. The number of carbonyl (C=O) groups excluding carboxylic acids is 1. The van der Waals surface area contributed by atoms with Crippen LogP contribution in [-0.2, 0) is 9.53 Å². The number of rotatable bonds is 5. The van der Waals surface area contributed by atoms with E-state index in [1.807, 2.05) is 42.5 Å². The Kier molecular flexibility index (Phi) is 8.11. The van der Waals surface area contributed by atoms with Crippen LogP contribution in [0.25, 0.3) is 6.08 Å². The van der Waals surface area contributed by atoms with E-state index >= 15 is 0 Å². The Hall–Kier alpha value is -1.32. The van der Waals surface area contributed by atoms with E-state index in [-0.39, 0.29) is 18.4 Å². The number of benzene rings is 1. The molecule has 94 valence electrons. The van der Waals surface area contributed by atoms with E-state index < -0.39 is 6.04 Å². The SMILES string of the molecule is CCOC(=O)[C@@H](N)CC=Cc1ccccc1.Cl. The van der Waals surface area contributed by atoms with E-state index in [0.717, 1.165) is 5.56 Å². The number of esters is 1. The first-order valence-electron chi connectivity index (χ1n) is 5.38. The van der Waals surface area contributed by atoms with Gasteiger partial charge in [-0.25, -0.2) is 0 Å². The minimum absolute atomic E-state index is 0. The summed E-state index contributed by atoms with van der Waals surface area (Å²) in [6.45, 7) is 2.14. The van der Waals surface area contributed by atoms with E-state index in [2.05, 4.69) is 0 Å². The van der Waals surface area contributed by atoms with Gasteiger partial charge in [0.05, 0.1) is 6.61 Å². The van der Waals surface area contributed by atoms with Gasteiger partial charge in [0.1, 0.15) is 6.04 Å². The van der Waals surface area contributed by atoms with Gasteiger partial charge in [0.2, 0.25) is 0 Å². The maximum atomic E-state index is 11.2. The molecule has 1 rings (SSSR count). The molecular weight excluding hydrogens is 238 g/mol. The molecular formula is C13H18ClNO2. The Labute approximate surface area is 108 Å². The molecule has 0 saturated carbocycles. The van der Waals surface area contributed by atoms with Gasteiger partial charge in [0.15, 0.2) is 0 Å². The largest absolute Gasteiger partial charge is 0.465 e. The zero-order valence-corrected chi connectivity index (χ0v) is 10.7. The van der Waals surface area contributed by atoms with Crippen LogP contribution in [0.5, 0.6) is 0 Å². The zero-order chi connectivity index (χ0) is 11.8. The van der Waals surface area contributed by atoms with Crippen LogP contribution in [0.3, 0.4) is 0 Å². The highest BCUT2D eigenvalue weighted by molar-refractivity contribution is 5.85. The van der Waals surface area contributed by atoms with Crippen LogP contribution < -0.4 is 5.73 Å². The molecule has 0 bridgehead atoms. The molecule has 0 aromatic heterocycles. The predicted molar refractivity (Wildman–Crippen MR) is 71.9 cm³/mol. The quantitative estimate of drug-likeness (QED) is 0.822. The summed E-state index contributed by atoms with van der Waals surface area (Å²) in [5, 5.41) is 0. The molecule has 1 aromatic carbocycles. The van der Waals surface area contributed by atoms with Gasteiger partial charge in [-0.2, -0.15) is 0 Å². The second kappa shape index (κ2) is 8.79. The molecule has 17 heavy (non-hydrogen) atoms. The van der Waals surface area contributed by atoms with Gasteiger partial charge in [0.25, 0.3) is 0 Å². The summed E-state index contributed by atoms with van der Waals surface area (Å²) in [6, 6.07) is 9.30.